The molecule has 0 atom stereocenters. The van der Waals surface area contributed by atoms with Gasteiger partial charge in [-0.05, 0) is 73.5 Å². The molecule has 0 bridgehead atoms. The molecule has 0 aliphatic carbocycles. The van der Waals surface area contributed by atoms with Gasteiger partial charge in [0.1, 0.15) is 17.2 Å². The first-order chi connectivity index (χ1) is 15.8. The molecule has 0 fully saturated rings. The van der Waals surface area contributed by atoms with Crippen LogP contribution in [-0.2, 0) is 15.5 Å². The highest BCUT2D eigenvalue weighted by molar-refractivity contribution is 7.85. The summed E-state index contributed by atoms with van der Waals surface area (Å²) in [6, 6.07) is 20.2. The van der Waals surface area contributed by atoms with Crippen LogP contribution in [-0.4, -0.2) is 29.3 Å². The van der Waals surface area contributed by atoms with E-state index in [9.17, 15) is 13.5 Å². The van der Waals surface area contributed by atoms with Crippen molar-refractivity contribution in [2.75, 3.05) is 0 Å². The fraction of sp³-hybridized carbons (Fsp3) is 0.333. The molecule has 0 spiro atoms. The zero-order valence-corrected chi connectivity index (χ0v) is 21.5. The van der Waals surface area contributed by atoms with Gasteiger partial charge in [0, 0.05) is 5.41 Å². The van der Waals surface area contributed by atoms with Crippen LogP contribution >= 0.6 is 0 Å². The first-order valence-corrected chi connectivity index (χ1v) is 12.6. The molecule has 34 heavy (non-hydrogen) atoms. The summed E-state index contributed by atoms with van der Waals surface area (Å²) in [5.74, 6) is 1.15. The van der Waals surface area contributed by atoms with Crippen LogP contribution < -0.4 is 4.74 Å². The van der Waals surface area contributed by atoms with E-state index in [1.165, 1.54) is 29.7 Å². The molecular weight excluding hydrogens is 452 g/mol. The second-order valence-electron chi connectivity index (χ2n) is 8.54. The van der Waals surface area contributed by atoms with Gasteiger partial charge in [0.05, 0.1) is 11.0 Å². The Kier molecular flexibility index (Phi) is 11.1. The van der Waals surface area contributed by atoms with E-state index in [4.69, 9.17) is 14.4 Å². The van der Waals surface area contributed by atoms with Crippen LogP contribution in [0.15, 0.2) is 77.7 Å². The number of benzene rings is 3. The summed E-state index contributed by atoms with van der Waals surface area (Å²) < 4.78 is 35.0. The summed E-state index contributed by atoms with van der Waals surface area (Å²) >= 11 is 0. The monoisotopic (exact) mass is 488 g/mol. The molecule has 0 aliphatic heterocycles. The lowest BCUT2D eigenvalue weighted by molar-refractivity contribution is 0.242. The van der Waals surface area contributed by atoms with E-state index in [1.807, 2.05) is 38.1 Å². The van der Waals surface area contributed by atoms with Crippen LogP contribution in [0.2, 0.25) is 0 Å². The Morgan fingerprint density at radius 3 is 1.47 bits per heavy atom. The van der Waals surface area contributed by atoms with Crippen LogP contribution in [0.25, 0.3) is 0 Å². The van der Waals surface area contributed by atoms with Crippen LogP contribution in [0.1, 0.15) is 59.1 Å². The zero-order valence-electron chi connectivity index (χ0n) is 20.7. The van der Waals surface area contributed by atoms with Gasteiger partial charge in [0.25, 0.3) is 10.1 Å². The van der Waals surface area contributed by atoms with Gasteiger partial charge in [-0.2, -0.15) is 8.42 Å². The van der Waals surface area contributed by atoms with Crippen LogP contribution in [0.5, 0.6) is 17.2 Å². The van der Waals surface area contributed by atoms with Gasteiger partial charge in [0.15, 0.2) is 0 Å². The first-order valence-electron chi connectivity index (χ1n) is 11.1. The van der Waals surface area contributed by atoms with Gasteiger partial charge < -0.3 is 14.9 Å². The standard InChI is InChI=1S/C18H22O2.C6H6O4S.C3H8/c1-13(2)20-17-11-7-15(8-12-17)18(3,4)14-5-9-16(19)10-6-14;7-5-1-3-6(4-2-5)11(8,9)10;1-3-2/h5-13,19H,1-4H3;1-4,7H,(H,8,9,10);3H2,1-2H3. The molecule has 0 aromatic heterocycles. The topological polar surface area (TPSA) is 104 Å². The second-order valence-corrected chi connectivity index (χ2v) is 9.96. The van der Waals surface area contributed by atoms with Gasteiger partial charge in [0.2, 0.25) is 0 Å². The Bertz CT molecular complexity index is 1090. The summed E-state index contributed by atoms with van der Waals surface area (Å²) in [6.07, 6.45) is 1.44. The van der Waals surface area contributed by atoms with Crippen molar-refractivity contribution < 1.29 is 27.9 Å². The maximum absolute atomic E-state index is 10.4. The number of phenolic OH excluding ortho intramolecular Hbond substituents is 2. The van der Waals surface area contributed by atoms with Gasteiger partial charge in [-0.1, -0.05) is 58.4 Å². The molecule has 7 heteroatoms. The van der Waals surface area contributed by atoms with Gasteiger partial charge in [-0.15, -0.1) is 0 Å². The molecule has 0 amide bonds. The molecular formula is C27H36O6S. The van der Waals surface area contributed by atoms with Crippen molar-refractivity contribution in [1.29, 1.82) is 0 Å². The molecule has 6 nitrogen and oxygen atoms in total. The van der Waals surface area contributed by atoms with Crippen molar-refractivity contribution >= 4 is 10.1 Å². The molecule has 3 aromatic carbocycles. The van der Waals surface area contributed by atoms with E-state index in [2.05, 4.69) is 39.8 Å². The summed E-state index contributed by atoms with van der Waals surface area (Å²) in [6.45, 7) is 12.7. The zero-order chi connectivity index (χ0) is 25.9. The van der Waals surface area contributed by atoms with Crippen molar-refractivity contribution in [1.82, 2.24) is 0 Å². The molecule has 186 valence electrons. The van der Waals surface area contributed by atoms with Gasteiger partial charge in [-0.3, -0.25) is 4.55 Å². The van der Waals surface area contributed by atoms with E-state index in [1.54, 1.807) is 12.1 Å². The van der Waals surface area contributed by atoms with Crippen molar-refractivity contribution in [3.63, 3.8) is 0 Å². The summed E-state index contributed by atoms with van der Waals surface area (Å²) in [5.41, 5.74) is 2.29. The molecule has 0 saturated carbocycles. The van der Waals surface area contributed by atoms with E-state index in [-0.39, 0.29) is 22.2 Å². The average molecular weight is 489 g/mol. The highest BCUT2D eigenvalue weighted by Gasteiger charge is 2.23. The highest BCUT2D eigenvalue weighted by Crippen LogP contribution is 2.33. The lowest BCUT2D eigenvalue weighted by Gasteiger charge is -2.26. The fourth-order valence-electron chi connectivity index (χ4n) is 2.89. The number of aromatic hydroxyl groups is 2. The molecule has 3 N–H and O–H groups in total. The van der Waals surface area contributed by atoms with Crippen molar-refractivity contribution in [2.45, 2.75) is 64.4 Å². The van der Waals surface area contributed by atoms with Gasteiger partial charge >= 0.3 is 0 Å². The summed E-state index contributed by atoms with van der Waals surface area (Å²) in [7, 11) is -4.13. The molecule has 0 unspecified atom stereocenters. The molecule has 3 aromatic rings. The number of hydrogen-bond acceptors (Lipinski definition) is 5. The van der Waals surface area contributed by atoms with Crippen molar-refractivity contribution in [3.05, 3.63) is 83.9 Å². The smallest absolute Gasteiger partial charge is 0.294 e. The number of ether oxygens (including phenoxy) is 1. The third-order valence-corrected chi connectivity index (χ3v) is 5.54. The maximum atomic E-state index is 10.4. The number of rotatable bonds is 5. The van der Waals surface area contributed by atoms with E-state index in [0.29, 0.717) is 5.75 Å². The largest absolute Gasteiger partial charge is 0.508 e. The SMILES string of the molecule is CC(C)Oc1ccc(C(C)(C)c2ccc(O)cc2)cc1.CCC.O=S(=O)(O)c1ccc(O)cc1. The fourth-order valence-corrected chi connectivity index (χ4v) is 3.37. The predicted molar refractivity (Wildman–Crippen MR) is 136 cm³/mol. The molecule has 0 saturated heterocycles. The molecule has 0 radical (unpaired) electrons. The molecule has 0 aliphatic rings. The quantitative estimate of drug-likeness (QED) is 0.351. The Morgan fingerprint density at radius 1 is 0.765 bits per heavy atom. The van der Waals surface area contributed by atoms with Crippen molar-refractivity contribution in [3.8, 4) is 17.2 Å². The Hall–Kier alpha value is -3.03. The average Bonchev–Trinajstić information content (AvgIpc) is 2.75. The Labute approximate surface area is 203 Å². The lowest BCUT2D eigenvalue weighted by Crippen LogP contribution is -2.18. The van der Waals surface area contributed by atoms with Crippen molar-refractivity contribution in [2.24, 2.45) is 0 Å². The third-order valence-electron chi connectivity index (χ3n) is 4.67. The Balaban J connectivity index is 0.000000347. The van der Waals surface area contributed by atoms with Crippen LogP contribution in [0.3, 0.4) is 0 Å². The summed E-state index contributed by atoms with van der Waals surface area (Å²) in [5, 5.41) is 18.1. The van der Waals surface area contributed by atoms with Crippen LogP contribution in [0, 0.1) is 0 Å². The predicted octanol–water partition coefficient (Wildman–Crippen LogP) is 6.56. The highest BCUT2D eigenvalue weighted by atomic mass is 32.2. The first kappa shape index (κ1) is 29.0. The minimum absolute atomic E-state index is 0.0441. The normalized spacial score (nSPS) is 11.1. The Morgan fingerprint density at radius 2 is 1.12 bits per heavy atom. The number of hydrogen-bond donors (Lipinski definition) is 3. The van der Waals surface area contributed by atoms with E-state index in [0.717, 1.165) is 17.9 Å². The third kappa shape index (κ3) is 9.45. The maximum Gasteiger partial charge on any atom is 0.294 e. The number of phenols is 2. The van der Waals surface area contributed by atoms with Gasteiger partial charge in [-0.25, -0.2) is 0 Å². The summed E-state index contributed by atoms with van der Waals surface area (Å²) in [4.78, 5) is -0.227. The minimum atomic E-state index is -4.13. The molecule has 0 heterocycles. The molecule has 3 rings (SSSR count). The lowest BCUT2D eigenvalue weighted by atomic mass is 9.78. The second kappa shape index (κ2) is 13.0. The van der Waals surface area contributed by atoms with Crippen LogP contribution in [0.4, 0.5) is 0 Å². The van der Waals surface area contributed by atoms with E-state index < -0.39 is 10.1 Å². The minimum Gasteiger partial charge on any atom is -0.508 e. The van der Waals surface area contributed by atoms with E-state index >= 15 is 0 Å².